The smallest absolute Gasteiger partial charge is 0.376 e. The molecule has 17 heteroatoms. The fourth-order valence-electron chi connectivity index (χ4n) is 11.3. The van der Waals surface area contributed by atoms with Crippen LogP contribution in [0.25, 0.3) is 39.1 Å². The summed E-state index contributed by atoms with van der Waals surface area (Å²) in [7, 11) is 3.41. The number of aromatic nitrogens is 7. The van der Waals surface area contributed by atoms with Crippen molar-refractivity contribution in [2.75, 3.05) is 13.2 Å². The zero-order valence-corrected chi connectivity index (χ0v) is 38.3. The molecule has 0 spiro atoms. The van der Waals surface area contributed by atoms with Crippen LogP contribution >= 0.6 is 0 Å². The summed E-state index contributed by atoms with van der Waals surface area (Å²) in [5.74, 6) is 0.273. The minimum absolute atomic E-state index is 0.0799. The number of ether oxygens (including phenoxy) is 1. The van der Waals surface area contributed by atoms with Crippen LogP contribution in [0.2, 0.25) is 0 Å². The first-order chi connectivity index (χ1) is 31.5. The third-order valence-corrected chi connectivity index (χ3v) is 14.9. The van der Waals surface area contributed by atoms with Crippen molar-refractivity contribution in [2.24, 2.45) is 20.0 Å². The van der Waals surface area contributed by atoms with E-state index in [9.17, 15) is 14.4 Å². The number of fused-ring (bicyclic) bond motifs is 3. The van der Waals surface area contributed by atoms with Gasteiger partial charge in [-0.3, -0.25) is 28.4 Å². The zero-order valence-electron chi connectivity index (χ0n) is 38.3. The van der Waals surface area contributed by atoms with Crippen LogP contribution in [-0.4, -0.2) is 74.4 Å². The molecule has 7 aromatic rings. The third-order valence-electron chi connectivity index (χ3n) is 14.9. The van der Waals surface area contributed by atoms with E-state index < -0.39 is 29.5 Å². The summed E-state index contributed by atoms with van der Waals surface area (Å²) in [5.41, 5.74) is 8.73. The summed E-state index contributed by atoms with van der Waals surface area (Å²) in [5, 5.41) is 8.99. The van der Waals surface area contributed by atoms with E-state index in [1.807, 2.05) is 30.0 Å². The zero-order chi connectivity index (χ0) is 46.3. The van der Waals surface area contributed by atoms with Gasteiger partial charge in [-0.1, -0.05) is 13.0 Å². The molecular weight excluding hydrogens is 844 g/mol. The lowest BCUT2D eigenvalue weighted by Gasteiger charge is -2.36. The number of carbonyl (C=O) groups is 2. The number of carbonyl (C=O) groups excluding carboxylic acids is 2. The number of hydrogen-bond donors (Lipinski definition) is 2. The van der Waals surface area contributed by atoms with Gasteiger partial charge >= 0.3 is 17.5 Å². The van der Waals surface area contributed by atoms with Gasteiger partial charge in [0.15, 0.2) is 0 Å². The second-order valence-electron chi connectivity index (χ2n) is 19.5. The van der Waals surface area contributed by atoms with Crippen molar-refractivity contribution in [3.8, 4) is 17.2 Å². The maximum absolute atomic E-state index is 15.6. The molecule has 7 heterocycles. The standard InChI is InChI=1S/C49H53FN10O6/c1-26-19-34(20-27(2)41(26)50)60-42(58-17-16-57(47(58)64)33-10-12-37-38(23-33)55(8)46(63)54(37)7)40-29(4)56(15-13-35(40)52-60)43(61)39-22-32-21-30(31-14-18-65-48(5,6)25-31)9-11-36(32)59(39)49(24-28(49)3)44-51-45(62)66-53-44/h9-12,16-17,19-23,28-29,31,44,53H,13-15,18,24-25H2,1-8H3,(H,51,62)/t28-,29-,31?,44?,49-/m0/s1. The van der Waals surface area contributed by atoms with Gasteiger partial charge in [0, 0.05) is 62.5 Å². The van der Waals surface area contributed by atoms with Crippen molar-refractivity contribution in [3.63, 3.8) is 0 Å². The highest BCUT2D eigenvalue weighted by molar-refractivity contribution is 6.00. The van der Waals surface area contributed by atoms with E-state index in [0.29, 0.717) is 76.8 Å². The van der Waals surface area contributed by atoms with Crippen molar-refractivity contribution in [1.29, 1.82) is 0 Å². The third kappa shape index (κ3) is 6.18. The predicted molar refractivity (Wildman–Crippen MR) is 245 cm³/mol. The number of benzene rings is 3. The number of hydroxylamine groups is 1. The van der Waals surface area contributed by atoms with Gasteiger partial charge < -0.3 is 19.0 Å². The summed E-state index contributed by atoms with van der Waals surface area (Å²) in [4.78, 5) is 62.8. The Hall–Kier alpha value is -6.72. The second kappa shape index (κ2) is 14.6. The molecule has 342 valence electrons. The molecule has 1 aliphatic carbocycles. The fourth-order valence-corrected chi connectivity index (χ4v) is 11.3. The Labute approximate surface area is 379 Å². The lowest BCUT2D eigenvalue weighted by atomic mass is 9.83. The first-order valence-electron chi connectivity index (χ1n) is 22.7. The molecule has 66 heavy (non-hydrogen) atoms. The topological polar surface area (TPSA) is 157 Å². The molecule has 16 nitrogen and oxygen atoms in total. The van der Waals surface area contributed by atoms with E-state index in [1.54, 1.807) is 72.4 Å². The van der Waals surface area contributed by atoms with Crippen LogP contribution in [0.3, 0.4) is 0 Å². The molecule has 1 saturated carbocycles. The Morgan fingerprint density at radius 2 is 1.58 bits per heavy atom. The first kappa shape index (κ1) is 41.9. The van der Waals surface area contributed by atoms with Crippen LogP contribution in [0.15, 0.2) is 76.6 Å². The van der Waals surface area contributed by atoms with E-state index in [4.69, 9.17) is 14.7 Å². The lowest BCUT2D eigenvalue weighted by Crippen LogP contribution is -2.49. The molecule has 3 aliphatic heterocycles. The van der Waals surface area contributed by atoms with Crippen LogP contribution in [0, 0.1) is 25.6 Å². The van der Waals surface area contributed by atoms with Crippen LogP contribution < -0.4 is 22.2 Å². The van der Waals surface area contributed by atoms with Gasteiger partial charge in [-0.05, 0) is 131 Å². The van der Waals surface area contributed by atoms with Crippen molar-refractivity contribution >= 4 is 33.9 Å². The number of amides is 2. The highest BCUT2D eigenvalue weighted by Gasteiger charge is 2.62. The number of rotatable bonds is 7. The summed E-state index contributed by atoms with van der Waals surface area (Å²) < 4.78 is 31.2. The number of aryl methyl sites for hydroxylation is 4. The number of nitrogens with zero attached hydrogens (tertiary/aromatic N) is 8. The van der Waals surface area contributed by atoms with Crippen LogP contribution in [0.4, 0.5) is 9.18 Å². The monoisotopic (exact) mass is 896 g/mol. The normalized spacial score (nSPS) is 23.7. The Kier molecular flexibility index (Phi) is 9.31. The minimum atomic E-state index is -0.703. The summed E-state index contributed by atoms with van der Waals surface area (Å²) in [6.45, 7) is 12.7. The van der Waals surface area contributed by atoms with Gasteiger partial charge in [0.05, 0.1) is 45.3 Å². The molecule has 0 bridgehead atoms. The summed E-state index contributed by atoms with van der Waals surface area (Å²) >= 11 is 0. The van der Waals surface area contributed by atoms with Gasteiger partial charge in [0.2, 0.25) is 0 Å². The quantitative estimate of drug-likeness (QED) is 0.185. The molecule has 11 rings (SSSR count). The molecule has 5 atom stereocenters. The molecule has 4 aromatic heterocycles. The summed E-state index contributed by atoms with van der Waals surface area (Å²) in [6, 6.07) is 16.7. The Balaban J connectivity index is 1.05. The molecule has 2 saturated heterocycles. The van der Waals surface area contributed by atoms with E-state index in [-0.39, 0.29) is 34.9 Å². The molecule has 4 aliphatic rings. The maximum Gasteiger partial charge on any atom is 0.427 e. The van der Waals surface area contributed by atoms with Crippen molar-refractivity contribution in [2.45, 2.75) is 96.5 Å². The average Bonchev–Trinajstić information content (AvgIpc) is 3.85. The molecular formula is C49H53FN10O6. The molecule has 2 unspecified atom stereocenters. The second-order valence-corrected chi connectivity index (χ2v) is 19.5. The Bertz CT molecular complexity index is 3310. The summed E-state index contributed by atoms with van der Waals surface area (Å²) in [6.07, 6.45) is 5.05. The largest absolute Gasteiger partial charge is 0.427 e. The predicted octanol–water partition coefficient (Wildman–Crippen LogP) is 6.45. The number of halogens is 1. The Morgan fingerprint density at radius 1 is 0.864 bits per heavy atom. The van der Waals surface area contributed by atoms with Gasteiger partial charge in [-0.15, -0.1) is 5.48 Å². The van der Waals surface area contributed by atoms with E-state index in [2.05, 4.69) is 54.3 Å². The van der Waals surface area contributed by atoms with Gasteiger partial charge in [0.25, 0.3) is 5.91 Å². The van der Waals surface area contributed by atoms with Gasteiger partial charge in [-0.2, -0.15) is 5.10 Å². The van der Waals surface area contributed by atoms with Gasteiger partial charge in [0.1, 0.15) is 23.5 Å². The van der Waals surface area contributed by atoms with Crippen LogP contribution in [0.1, 0.15) is 97.4 Å². The Morgan fingerprint density at radius 3 is 2.27 bits per heavy atom. The number of imidazole rings is 2. The highest BCUT2D eigenvalue weighted by atomic mass is 19.1. The average molecular weight is 897 g/mol. The van der Waals surface area contributed by atoms with E-state index in [0.717, 1.165) is 29.3 Å². The molecule has 3 fully saturated rings. The number of nitrogens with one attached hydrogen (secondary N) is 2. The fraction of sp³-hybridized carbons (Fsp3) is 0.408. The maximum atomic E-state index is 15.6. The van der Waals surface area contributed by atoms with Crippen LogP contribution in [-0.2, 0) is 35.6 Å². The molecule has 3 aromatic carbocycles. The van der Waals surface area contributed by atoms with Crippen molar-refractivity contribution in [3.05, 3.63) is 127 Å². The molecule has 2 amide bonds. The highest BCUT2D eigenvalue weighted by Crippen LogP contribution is 2.55. The van der Waals surface area contributed by atoms with Crippen molar-refractivity contribution < 1.29 is 23.6 Å². The molecule has 2 N–H and O–H groups in total. The SMILES string of the molecule is Cc1cc(-n2nc3c(c2-n2ccn(-c4ccc5c(c4)n(C)c(=O)n5C)c2=O)[C@H](C)N(C(=O)c2cc4cc(C5CCOC(C)(C)C5)ccc4n2[C@@]2(C4NOC(=O)N4)C[C@@H]2C)CC3)cc(C)c1F. The minimum Gasteiger partial charge on any atom is -0.376 e. The number of hydrogen-bond acceptors (Lipinski definition) is 8. The lowest BCUT2D eigenvalue weighted by molar-refractivity contribution is -0.0592. The molecule has 0 radical (unpaired) electrons. The van der Waals surface area contributed by atoms with Crippen molar-refractivity contribution in [1.82, 2.24) is 48.3 Å². The van der Waals surface area contributed by atoms with Crippen LogP contribution in [0.5, 0.6) is 0 Å². The van der Waals surface area contributed by atoms with E-state index in [1.165, 1.54) is 14.7 Å². The van der Waals surface area contributed by atoms with E-state index >= 15 is 9.18 Å². The van der Waals surface area contributed by atoms with Gasteiger partial charge in [-0.25, -0.2) is 23.5 Å². The first-order valence-corrected chi connectivity index (χ1v) is 22.7.